The minimum atomic E-state index is -3.80. The standard InChI is InChI=1S/C27H21ClN2O4S/c1-30(22-10-6-3-7-11-22)35(33,34)23-15-12-20(13-16-23)27(32)29-25-17-14-21(28)18-24(25)26(31)19-8-4-2-5-9-19/h2-18H,1H3,(H,29,32). The van der Waals surface area contributed by atoms with E-state index in [1.807, 2.05) is 0 Å². The third-order valence-corrected chi connectivity index (χ3v) is 7.44. The molecule has 4 aromatic carbocycles. The molecule has 6 nitrogen and oxygen atoms in total. The third-order valence-electron chi connectivity index (χ3n) is 5.41. The van der Waals surface area contributed by atoms with Crippen molar-refractivity contribution >= 4 is 44.7 Å². The van der Waals surface area contributed by atoms with Gasteiger partial charge in [0, 0.05) is 28.8 Å². The molecular weight excluding hydrogens is 484 g/mol. The second-order valence-corrected chi connectivity index (χ2v) is 10.1. The maximum absolute atomic E-state index is 13.0. The monoisotopic (exact) mass is 504 g/mol. The number of rotatable bonds is 7. The fraction of sp³-hybridized carbons (Fsp3) is 0.0370. The Bertz CT molecular complexity index is 1470. The Labute approximate surface area is 208 Å². The van der Waals surface area contributed by atoms with E-state index < -0.39 is 15.9 Å². The zero-order valence-corrected chi connectivity index (χ0v) is 20.3. The lowest BCUT2D eigenvalue weighted by Gasteiger charge is -2.19. The summed E-state index contributed by atoms with van der Waals surface area (Å²) in [5.74, 6) is -0.774. The van der Waals surface area contributed by atoms with Crippen molar-refractivity contribution in [3.63, 3.8) is 0 Å². The van der Waals surface area contributed by atoms with Gasteiger partial charge < -0.3 is 5.32 Å². The minimum Gasteiger partial charge on any atom is -0.321 e. The molecule has 0 atom stereocenters. The number of amides is 1. The summed E-state index contributed by atoms with van der Waals surface area (Å²) in [4.78, 5) is 26.0. The summed E-state index contributed by atoms with van der Waals surface area (Å²) in [7, 11) is -2.34. The van der Waals surface area contributed by atoms with Gasteiger partial charge in [0.2, 0.25) is 0 Å². The van der Waals surface area contributed by atoms with Gasteiger partial charge in [-0.1, -0.05) is 60.1 Å². The van der Waals surface area contributed by atoms with Gasteiger partial charge in [-0.2, -0.15) is 0 Å². The number of nitrogens with zero attached hydrogens (tertiary/aromatic N) is 1. The van der Waals surface area contributed by atoms with E-state index in [2.05, 4.69) is 5.32 Å². The average Bonchev–Trinajstić information content (AvgIpc) is 2.89. The molecule has 0 fully saturated rings. The number of halogens is 1. The summed E-state index contributed by atoms with van der Waals surface area (Å²) in [6.07, 6.45) is 0. The van der Waals surface area contributed by atoms with E-state index in [-0.39, 0.29) is 21.8 Å². The molecule has 4 aromatic rings. The van der Waals surface area contributed by atoms with Crippen molar-refractivity contribution in [2.75, 3.05) is 16.7 Å². The first kappa shape index (κ1) is 24.2. The van der Waals surface area contributed by atoms with E-state index in [9.17, 15) is 18.0 Å². The molecule has 0 saturated carbocycles. The van der Waals surface area contributed by atoms with E-state index in [1.165, 1.54) is 41.7 Å². The van der Waals surface area contributed by atoms with Crippen LogP contribution in [0.1, 0.15) is 26.3 Å². The van der Waals surface area contributed by atoms with Gasteiger partial charge in [-0.25, -0.2) is 8.42 Å². The molecule has 176 valence electrons. The molecule has 8 heteroatoms. The van der Waals surface area contributed by atoms with E-state index in [4.69, 9.17) is 11.6 Å². The molecule has 0 spiro atoms. The second kappa shape index (κ2) is 10.1. The Balaban J connectivity index is 1.56. The Morgan fingerprint density at radius 1 is 0.771 bits per heavy atom. The molecule has 4 rings (SSSR count). The molecule has 0 radical (unpaired) electrons. The number of para-hydroxylation sites is 1. The van der Waals surface area contributed by atoms with E-state index >= 15 is 0 Å². The van der Waals surface area contributed by atoms with Gasteiger partial charge in [0.15, 0.2) is 5.78 Å². The summed E-state index contributed by atoms with van der Waals surface area (Å²) in [6.45, 7) is 0. The number of anilines is 2. The fourth-order valence-corrected chi connectivity index (χ4v) is 4.83. The lowest BCUT2D eigenvalue weighted by atomic mass is 10.0. The van der Waals surface area contributed by atoms with Gasteiger partial charge in [-0.05, 0) is 54.6 Å². The van der Waals surface area contributed by atoms with Crippen molar-refractivity contribution in [2.45, 2.75) is 4.90 Å². The summed E-state index contributed by atoms with van der Waals surface area (Å²) in [5.41, 5.74) is 1.77. The number of ketones is 1. The van der Waals surface area contributed by atoms with Crippen molar-refractivity contribution in [2.24, 2.45) is 0 Å². The zero-order chi connectivity index (χ0) is 25.0. The van der Waals surface area contributed by atoms with Crippen molar-refractivity contribution in [1.82, 2.24) is 0 Å². The maximum Gasteiger partial charge on any atom is 0.264 e. The largest absolute Gasteiger partial charge is 0.321 e. The third kappa shape index (κ3) is 5.26. The van der Waals surface area contributed by atoms with Crippen LogP contribution in [-0.4, -0.2) is 27.2 Å². The van der Waals surface area contributed by atoms with E-state index in [0.29, 0.717) is 22.0 Å². The van der Waals surface area contributed by atoms with Crippen LogP contribution in [0.3, 0.4) is 0 Å². The first-order valence-corrected chi connectivity index (χ1v) is 12.4. The van der Waals surface area contributed by atoms with Crippen molar-refractivity contribution in [3.05, 3.63) is 125 Å². The van der Waals surface area contributed by atoms with Gasteiger partial charge in [0.1, 0.15) is 0 Å². The molecule has 0 heterocycles. The molecule has 0 aromatic heterocycles. The lowest BCUT2D eigenvalue weighted by Crippen LogP contribution is -2.26. The van der Waals surface area contributed by atoms with Crippen LogP contribution in [0.15, 0.2) is 108 Å². The van der Waals surface area contributed by atoms with Crippen LogP contribution < -0.4 is 9.62 Å². The van der Waals surface area contributed by atoms with Crippen LogP contribution in [0.2, 0.25) is 5.02 Å². The molecule has 1 amide bonds. The molecule has 1 N–H and O–H groups in total. The highest BCUT2D eigenvalue weighted by Gasteiger charge is 2.22. The van der Waals surface area contributed by atoms with Crippen LogP contribution in [0.5, 0.6) is 0 Å². The summed E-state index contributed by atoms with van der Waals surface area (Å²) in [6, 6.07) is 27.6. The van der Waals surface area contributed by atoms with Crippen LogP contribution in [0, 0.1) is 0 Å². The normalized spacial score (nSPS) is 11.0. The highest BCUT2D eigenvalue weighted by molar-refractivity contribution is 7.92. The first-order chi connectivity index (χ1) is 16.8. The maximum atomic E-state index is 13.0. The Hall–Kier alpha value is -3.94. The molecular formula is C27H21ClN2O4S. The van der Waals surface area contributed by atoms with Crippen LogP contribution in [0.25, 0.3) is 0 Å². The van der Waals surface area contributed by atoms with Gasteiger partial charge in [0.25, 0.3) is 15.9 Å². The number of carbonyl (C=O) groups is 2. The molecule has 0 aliphatic carbocycles. The van der Waals surface area contributed by atoms with Gasteiger partial charge in [-0.15, -0.1) is 0 Å². The molecule has 0 aliphatic heterocycles. The van der Waals surface area contributed by atoms with Crippen LogP contribution >= 0.6 is 11.6 Å². The predicted octanol–water partition coefficient (Wildman–Crippen LogP) is 5.65. The van der Waals surface area contributed by atoms with Crippen molar-refractivity contribution in [3.8, 4) is 0 Å². The molecule has 35 heavy (non-hydrogen) atoms. The number of hydrogen-bond donors (Lipinski definition) is 1. The molecule has 0 saturated heterocycles. The van der Waals surface area contributed by atoms with Crippen molar-refractivity contribution < 1.29 is 18.0 Å². The first-order valence-electron chi connectivity index (χ1n) is 10.6. The van der Waals surface area contributed by atoms with Gasteiger partial charge in [-0.3, -0.25) is 13.9 Å². The summed E-state index contributed by atoms with van der Waals surface area (Å²) in [5, 5.41) is 3.09. The minimum absolute atomic E-state index is 0.0480. The topological polar surface area (TPSA) is 83.6 Å². The molecule has 0 aliphatic rings. The number of carbonyl (C=O) groups excluding carboxylic acids is 2. The van der Waals surface area contributed by atoms with Gasteiger partial charge in [0.05, 0.1) is 16.3 Å². The Kier molecular flexibility index (Phi) is 7.00. The predicted molar refractivity (Wildman–Crippen MR) is 138 cm³/mol. The lowest BCUT2D eigenvalue weighted by molar-refractivity contribution is 0.102. The zero-order valence-electron chi connectivity index (χ0n) is 18.7. The number of sulfonamides is 1. The van der Waals surface area contributed by atoms with Crippen LogP contribution in [-0.2, 0) is 10.0 Å². The number of benzene rings is 4. The quantitative estimate of drug-likeness (QED) is 0.330. The van der Waals surface area contributed by atoms with Gasteiger partial charge >= 0.3 is 0 Å². The Morgan fingerprint density at radius 3 is 2.00 bits per heavy atom. The average molecular weight is 505 g/mol. The van der Waals surface area contributed by atoms with E-state index in [1.54, 1.807) is 72.8 Å². The molecule has 0 bridgehead atoms. The Morgan fingerprint density at radius 2 is 1.37 bits per heavy atom. The number of hydrogen-bond acceptors (Lipinski definition) is 4. The van der Waals surface area contributed by atoms with E-state index in [0.717, 1.165) is 0 Å². The highest BCUT2D eigenvalue weighted by atomic mass is 35.5. The second-order valence-electron chi connectivity index (χ2n) is 7.67. The number of nitrogens with one attached hydrogen (secondary N) is 1. The summed E-state index contributed by atoms with van der Waals surface area (Å²) >= 11 is 6.11. The smallest absolute Gasteiger partial charge is 0.264 e. The van der Waals surface area contributed by atoms with Crippen LogP contribution in [0.4, 0.5) is 11.4 Å². The SMILES string of the molecule is CN(c1ccccc1)S(=O)(=O)c1ccc(C(=O)Nc2ccc(Cl)cc2C(=O)c2ccccc2)cc1. The fourth-order valence-electron chi connectivity index (χ4n) is 3.47. The highest BCUT2D eigenvalue weighted by Crippen LogP contribution is 2.25. The van der Waals surface area contributed by atoms with Crippen molar-refractivity contribution in [1.29, 1.82) is 0 Å². The summed E-state index contributed by atoms with van der Waals surface area (Å²) < 4.78 is 27.1. The molecule has 0 unspecified atom stereocenters.